The molecule has 28 heavy (non-hydrogen) atoms. The van der Waals surface area contributed by atoms with E-state index >= 15 is 0 Å². The largest absolute Gasteiger partial charge is 0.342 e. The van der Waals surface area contributed by atoms with Crippen LogP contribution in [0.5, 0.6) is 0 Å². The lowest BCUT2D eigenvalue weighted by Gasteiger charge is -2.32. The minimum absolute atomic E-state index is 0.000677. The molecule has 0 saturated carbocycles. The van der Waals surface area contributed by atoms with Crippen molar-refractivity contribution < 1.29 is 14.4 Å². The molecule has 1 atom stereocenters. The Morgan fingerprint density at radius 2 is 1.82 bits per heavy atom. The number of hydrogen-bond acceptors (Lipinski definition) is 3. The predicted molar refractivity (Wildman–Crippen MR) is 109 cm³/mol. The highest BCUT2D eigenvalue weighted by Crippen LogP contribution is 2.24. The molecule has 0 radical (unpaired) electrons. The van der Waals surface area contributed by atoms with Gasteiger partial charge in [-0.25, -0.2) is 0 Å². The Bertz CT molecular complexity index is 882. The van der Waals surface area contributed by atoms with Gasteiger partial charge in [0.05, 0.1) is 5.56 Å². The number of carbonyl (C=O) groups is 3. The van der Waals surface area contributed by atoms with Gasteiger partial charge < -0.3 is 14.4 Å². The van der Waals surface area contributed by atoms with Crippen molar-refractivity contribution in [3.63, 3.8) is 0 Å². The zero-order valence-corrected chi connectivity index (χ0v) is 17.0. The highest BCUT2D eigenvalue weighted by atomic mass is 16.2. The van der Waals surface area contributed by atoms with Crippen LogP contribution in [0.25, 0.3) is 10.9 Å². The van der Waals surface area contributed by atoms with Gasteiger partial charge in [-0.1, -0.05) is 18.2 Å². The van der Waals surface area contributed by atoms with Crippen LogP contribution in [0, 0.1) is 0 Å². The number of fused-ring (bicyclic) bond motifs is 1. The van der Waals surface area contributed by atoms with Gasteiger partial charge in [0.1, 0.15) is 6.54 Å². The van der Waals surface area contributed by atoms with E-state index < -0.39 is 11.7 Å². The fourth-order valence-electron chi connectivity index (χ4n) is 4.03. The first-order valence-corrected chi connectivity index (χ1v) is 10.2. The van der Waals surface area contributed by atoms with Crippen LogP contribution in [-0.2, 0) is 16.1 Å². The Hall–Kier alpha value is -2.63. The first-order chi connectivity index (χ1) is 13.5. The summed E-state index contributed by atoms with van der Waals surface area (Å²) in [5, 5.41) is 0.720. The minimum atomic E-state index is -0.487. The third-order valence-electron chi connectivity index (χ3n) is 5.71. The standard InChI is InChI=1S/C22H29N3O3/c1-4-23(5-2)20(26)15-24-14-18(17-11-6-7-12-19(17)24)21(27)22(28)25-13-9-8-10-16(25)3/h6-7,11-12,14,16H,4-5,8-10,13,15H2,1-3H3/t16-/m1/s1. The average molecular weight is 383 g/mol. The number of rotatable bonds is 6. The number of Topliss-reactive ketones (excluding diaryl/α,β-unsaturated/α-hetero) is 1. The summed E-state index contributed by atoms with van der Waals surface area (Å²) in [6.07, 6.45) is 4.62. The molecule has 1 aromatic heterocycles. The zero-order chi connectivity index (χ0) is 20.3. The van der Waals surface area contributed by atoms with Crippen molar-refractivity contribution in [2.24, 2.45) is 0 Å². The lowest BCUT2D eigenvalue weighted by molar-refractivity contribution is -0.131. The fraction of sp³-hybridized carbons (Fsp3) is 0.500. The van der Waals surface area contributed by atoms with E-state index in [9.17, 15) is 14.4 Å². The molecule has 1 aliphatic heterocycles. The quantitative estimate of drug-likeness (QED) is 0.569. The molecule has 150 valence electrons. The van der Waals surface area contributed by atoms with Gasteiger partial charge in [0.2, 0.25) is 5.91 Å². The molecule has 0 N–H and O–H groups in total. The number of carbonyl (C=O) groups excluding carboxylic acids is 3. The van der Waals surface area contributed by atoms with Crippen LogP contribution < -0.4 is 0 Å². The average Bonchev–Trinajstić information content (AvgIpc) is 3.07. The molecule has 2 aromatic rings. The number of likely N-dealkylation sites (tertiary alicyclic amines) is 1. The molecule has 3 rings (SSSR count). The molecule has 1 aliphatic rings. The van der Waals surface area contributed by atoms with Crippen molar-refractivity contribution in [1.29, 1.82) is 0 Å². The van der Waals surface area contributed by atoms with Crippen LogP contribution in [0.4, 0.5) is 0 Å². The Kier molecular flexibility index (Phi) is 6.17. The summed E-state index contributed by atoms with van der Waals surface area (Å²) in [6, 6.07) is 7.54. The predicted octanol–water partition coefficient (Wildman–Crippen LogP) is 3.09. The fourth-order valence-corrected chi connectivity index (χ4v) is 4.03. The SMILES string of the molecule is CCN(CC)C(=O)Cn1cc(C(=O)C(=O)N2CCCC[C@H]2C)c2ccccc21. The van der Waals surface area contributed by atoms with Gasteiger partial charge in [-0.2, -0.15) is 0 Å². The molecular weight excluding hydrogens is 354 g/mol. The molecule has 1 saturated heterocycles. The van der Waals surface area contributed by atoms with Gasteiger partial charge in [-0.3, -0.25) is 14.4 Å². The summed E-state index contributed by atoms with van der Waals surface area (Å²) in [5.74, 6) is -0.926. The van der Waals surface area contributed by atoms with Crippen LogP contribution in [0.3, 0.4) is 0 Å². The van der Waals surface area contributed by atoms with E-state index in [1.54, 1.807) is 20.6 Å². The highest BCUT2D eigenvalue weighted by Gasteiger charge is 2.30. The van der Waals surface area contributed by atoms with Crippen LogP contribution in [0.1, 0.15) is 50.4 Å². The lowest BCUT2D eigenvalue weighted by atomic mass is 10.0. The van der Waals surface area contributed by atoms with Crippen LogP contribution in [-0.4, -0.2) is 57.6 Å². The van der Waals surface area contributed by atoms with Gasteiger partial charge in [0, 0.05) is 42.8 Å². The third kappa shape index (κ3) is 3.81. The van der Waals surface area contributed by atoms with Crippen molar-refractivity contribution in [3.8, 4) is 0 Å². The number of hydrogen-bond donors (Lipinski definition) is 0. The zero-order valence-electron chi connectivity index (χ0n) is 17.0. The van der Waals surface area contributed by atoms with Gasteiger partial charge in [-0.15, -0.1) is 0 Å². The summed E-state index contributed by atoms with van der Waals surface area (Å²) < 4.78 is 1.79. The molecule has 0 bridgehead atoms. The van der Waals surface area contributed by atoms with Crippen molar-refractivity contribution in [2.75, 3.05) is 19.6 Å². The van der Waals surface area contributed by atoms with E-state index in [2.05, 4.69) is 0 Å². The maximum Gasteiger partial charge on any atom is 0.295 e. The van der Waals surface area contributed by atoms with Crippen LogP contribution >= 0.6 is 0 Å². The Balaban J connectivity index is 1.92. The monoisotopic (exact) mass is 383 g/mol. The van der Waals surface area contributed by atoms with Gasteiger partial charge in [0.15, 0.2) is 0 Å². The highest BCUT2D eigenvalue weighted by molar-refractivity contribution is 6.45. The molecule has 0 spiro atoms. The number of para-hydroxylation sites is 1. The summed E-state index contributed by atoms with van der Waals surface area (Å²) in [4.78, 5) is 41.9. The maximum absolute atomic E-state index is 13.0. The number of amides is 2. The summed E-state index contributed by atoms with van der Waals surface area (Å²) in [5.41, 5.74) is 1.18. The molecule has 0 unspecified atom stereocenters. The van der Waals surface area contributed by atoms with Crippen molar-refractivity contribution >= 4 is 28.5 Å². The van der Waals surface area contributed by atoms with Crippen molar-refractivity contribution in [2.45, 2.75) is 52.6 Å². The van der Waals surface area contributed by atoms with E-state index in [-0.39, 0.29) is 18.5 Å². The smallest absolute Gasteiger partial charge is 0.295 e. The number of piperidine rings is 1. The van der Waals surface area contributed by atoms with Gasteiger partial charge >= 0.3 is 0 Å². The Morgan fingerprint density at radius 1 is 1.11 bits per heavy atom. The van der Waals surface area contributed by atoms with Gasteiger partial charge in [-0.05, 0) is 46.1 Å². The molecule has 1 aromatic carbocycles. The summed E-state index contributed by atoms with van der Waals surface area (Å²) >= 11 is 0. The molecule has 2 heterocycles. The third-order valence-corrected chi connectivity index (χ3v) is 5.71. The van der Waals surface area contributed by atoms with E-state index in [1.165, 1.54) is 0 Å². The molecule has 2 amide bonds. The number of aromatic nitrogens is 1. The van der Waals surface area contributed by atoms with Crippen LogP contribution in [0.15, 0.2) is 30.5 Å². The van der Waals surface area contributed by atoms with Crippen LogP contribution in [0.2, 0.25) is 0 Å². The molecule has 1 fully saturated rings. The maximum atomic E-state index is 13.0. The molecule has 6 nitrogen and oxygen atoms in total. The van der Waals surface area contributed by atoms with Crippen molar-refractivity contribution in [3.05, 3.63) is 36.0 Å². The van der Waals surface area contributed by atoms with E-state index in [0.29, 0.717) is 25.2 Å². The second-order valence-corrected chi connectivity index (χ2v) is 7.43. The Labute approximate surface area is 166 Å². The number of ketones is 1. The van der Waals surface area contributed by atoms with Gasteiger partial charge in [0.25, 0.3) is 11.7 Å². The molecule has 6 heteroatoms. The second kappa shape index (κ2) is 8.59. The number of nitrogens with zero attached hydrogens (tertiary/aromatic N) is 3. The minimum Gasteiger partial charge on any atom is -0.342 e. The van der Waals surface area contributed by atoms with E-state index in [4.69, 9.17) is 0 Å². The molecular formula is C22H29N3O3. The second-order valence-electron chi connectivity index (χ2n) is 7.43. The topological polar surface area (TPSA) is 62.6 Å². The van der Waals surface area contributed by atoms with E-state index in [1.807, 2.05) is 45.0 Å². The molecule has 0 aliphatic carbocycles. The summed E-state index contributed by atoms with van der Waals surface area (Å²) in [7, 11) is 0. The van der Waals surface area contributed by atoms with Crippen molar-refractivity contribution in [1.82, 2.24) is 14.4 Å². The first kappa shape index (κ1) is 20.1. The lowest BCUT2D eigenvalue weighted by Crippen LogP contribution is -2.45. The Morgan fingerprint density at radius 3 is 2.50 bits per heavy atom. The first-order valence-electron chi connectivity index (χ1n) is 10.2. The normalized spacial score (nSPS) is 17.0. The number of benzene rings is 1. The summed E-state index contributed by atoms with van der Waals surface area (Å²) in [6.45, 7) is 7.97. The number of likely N-dealkylation sites (N-methyl/N-ethyl adjacent to an activating group) is 1. The van der Waals surface area contributed by atoms with E-state index in [0.717, 1.165) is 30.2 Å².